The minimum atomic E-state index is -0.919. The average Bonchev–Trinajstić information content (AvgIpc) is 2.78. The number of anilines is 1. The van der Waals surface area contributed by atoms with Gasteiger partial charge in [-0.2, -0.15) is 0 Å². The molecule has 0 radical (unpaired) electrons. The first-order valence-corrected chi connectivity index (χ1v) is 9.95. The van der Waals surface area contributed by atoms with Gasteiger partial charge in [-0.15, -0.1) is 0 Å². The molecule has 0 fully saturated rings. The first kappa shape index (κ1) is 19.6. The van der Waals surface area contributed by atoms with Gasteiger partial charge in [0.25, 0.3) is 0 Å². The lowest BCUT2D eigenvalue weighted by Gasteiger charge is -2.10. The van der Waals surface area contributed by atoms with Gasteiger partial charge in [0, 0.05) is 23.3 Å². The predicted octanol–water partition coefficient (Wildman–Crippen LogP) is 4.83. The maximum Gasteiger partial charge on any atom is 0.157 e. The largest absolute Gasteiger partial charge is 0.383 e. The van der Waals surface area contributed by atoms with E-state index in [0.29, 0.717) is 11.5 Å². The molecule has 4 heteroatoms. The van der Waals surface area contributed by atoms with Crippen LogP contribution in [0, 0.1) is 18.8 Å². The van der Waals surface area contributed by atoms with Crippen LogP contribution in [-0.2, 0) is 6.42 Å². The number of nitrogens with two attached hydrogens (primary N) is 1. The van der Waals surface area contributed by atoms with Crippen molar-refractivity contribution < 1.29 is 5.11 Å². The molecule has 0 aliphatic rings. The van der Waals surface area contributed by atoms with Crippen LogP contribution in [-0.4, -0.2) is 15.1 Å². The van der Waals surface area contributed by atoms with Crippen molar-refractivity contribution in [3.63, 3.8) is 0 Å². The zero-order valence-corrected chi connectivity index (χ0v) is 17.1. The summed E-state index contributed by atoms with van der Waals surface area (Å²) in [5, 5.41) is 12.5. The number of nitrogen functional groups attached to an aromatic ring is 1. The van der Waals surface area contributed by atoms with Crippen LogP contribution in [0.25, 0.3) is 21.9 Å². The van der Waals surface area contributed by atoms with Crippen LogP contribution in [0.5, 0.6) is 0 Å². The molecule has 0 saturated heterocycles. The lowest BCUT2D eigenvalue weighted by molar-refractivity contribution is 0.232. The van der Waals surface area contributed by atoms with Gasteiger partial charge < -0.3 is 10.8 Å². The van der Waals surface area contributed by atoms with Gasteiger partial charge in [0.05, 0.1) is 5.69 Å². The van der Waals surface area contributed by atoms with Crippen LogP contribution in [0.4, 0.5) is 5.82 Å². The Morgan fingerprint density at radius 3 is 2.73 bits per heavy atom. The quantitative estimate of drug-likeness (QED) is 0.489. The molecule has 0 aliphatic carbocycles. The van der Waals surface area contributed by atoms with Gasteiger partial charge in [0.1, 0.15) is 5.82 Å². The van der Waals surface area contributed by atoms with Gasteiger partial charge in [0.15, 0.2) is 6.10 Å². The fraction of sp³-hybridized carbons (Fsp3) is 0.154. The number of fused-ring (bicyclic) bond motifs is 1. The Balaban J connectivity index is 1.70. The van der Waals surface area contributed by atoms with E-state index in [0.717, 1.165) is 45.0 Å². The van der Waals surface area contributed by atoms with Crippen molar-refractivity contribution in [1.82, 2.24) is 9.97 Å². The van der Waals surface area contributed by atoms with E-state index in [2.05, 4.69) is 46.9 Å². The van der Waals surface area contributed by atoms with Crippen molar-refractivity contribution in [2.45, 2.75) is 26.4 Å². The number of aliphatic hydroxyl groups excluding tert-OH is 1. The third kappa shape index (κ3) is 3.89. The number of pyridine rings is 2. The molecule has 4 nitrogen and oxygen atoms in total. The Kier molecular flexibility index (Phi) is 5.47. The number of aryl methyl sites for hydroxylation is 2. The van der Waals surface area contributed by atoms with Crippen molar-refractivity contribution >= 4 is 16.6 Å². The Morgan fingerprint density at radius 2 is 1.90 bits per heavy atom. The number of hydrogen-bond donors (Lipinski definition) is 2. The molecule has 30 heavy (non-hydrogen) atoms. The molecule has 4 rings (SSSR count). The van der Waals surface area contributed by atoms with Crippen molar-refractivity contribution in [2.24, 2.45) is 0 Å². The molecular formula is C26H23N3O. The molecule has 4 aromatic rings. The highest BCUT2D eigenvalue weighted by atomic mass is 16.3. The van der Waals surface area contributed by atoms with Crippen molar-refractivity contribution in [2.75, 3.05) is 5.73 Å². The standard InChI is InChI=1S/C26H23N3O/c1-3-19-5-4-13-28-25(19)24(30)11-8-18-7-6-17(2)22(15-18)21-10-9-20-12-14-29-26(27)23(20)16-21/h4-7,9-10,12-16,24,30H,3H2,1-2H3,(H2,27,29)/t24-/m1/s1. The van der Waals surface area contributed by atoms with E-state index >= 15 is 0 Å². The maximum absolute atomic E-state index is 10.5. The summed E-state index contributed by atoms with van der Waals surface area (Å²) in [6.07, 6.45) is 3.29. The summed E-state index contributed by atoms with van der Waals surface area (Å²) in [6.45, 7) is 4.11. The van der Waals surface area contributed by atoms with Crippen LogP contribution < -0.4 is 5.73 Å². The number of aliphatic hydroxyl groups is 1. The summed E-state index contributed by atoms with van der Waals surface area (Å²) in [6, 6.07) is 18.0. The van der Waals surface area contributed by atoms with Gasteiger partial charge in [-0.3, -0.25) is 4.98 Å². The van der Waals surface area contributed by atoms with Crippen LogP contribution in [0.15, 0.2) is 67.0 Å². The van der Waals surface area contributed by atoms with E-state index in [-0.39, 0.29) is 0 Å². The zero-order chi connectivity index (χ0) is 21.1. The van der Waals surface area contributed by atoms with Gasteiger partial charge in [-0.05, 0) is 71.3 Å². The van der Waals surface area contributed by atoms with E-state index in [1.165, 1.54) is 0 Å². The highest BCUT2D eigenvalue weighted by Gasteiger charge is 2.10. The molecule has 2 heterocycles. The summed E-state index contributed by atoms with van der Waals surface area (Å²) >= 11 is 0. The molecule has 0 bridgehead atoms. The van der Waals surface area contributed by atoms with Crippen molar-refractivity contribution in [3.05, 3.63) is 89.4 Å². The van der Waals surface area contributed by atoms with Crippen LogP contribution >= 0.6 is 0 Å². The molecule has 3 N–H and O–H groups in total. The Morgan fingerprint density at radius 1 is 1.03 bits per heavy atom. The highest BCUT2D eigenvalue weighted by molar-refractivity contribution is 5.94. The molecule has 0 amide bonds. The van der Waals surface area contributed by atoms with Crippen molar-refractivity contribution in [1.29, 1.82) is 0 Å². The summed E-state index contributed by atoms with van der Waals surface area (Å²) < 4.78 is 0. The molecule has 148 valence electrons. The number of benzene rings is 2. The summed E-state index contributed by atoms with van der Waals surface area (Å²) in [4.78, 5) is 8.50. The third-order valence-corrected chi connectivity index (χ3v) is 5.26. The minimum absolute atomic E-state index is 0.521. The molecule has 1 atom stereocenters. The summed E-state index contributed by atoms with van der Waals surface area (Å²) in [7, 11) is 0. The molecule has 2 aromatic carbocycles. The number of hydrogen-bond acceptors (Lipinski definition) is 4. The molecular weight excluding hydrogens is 370 g/mol. The molecule has 2 aromatic heterocycles. The van der Waals surface area contributed by atoms with Gasteiger partial charge in [-0.1, -0.05) is 43.0 Å². The van der Waals surface area contributed by atoms with Crippen LogP contribution in [0.3, 0.4) is 0 Å². The molecule has 0 aliphatic heterocycles. The molecule has 0 saturated carbocycles. The van der Waals surface area contributed by atoms with E-state index in [9.17, 15) is 5.11 Å². The van der Waals surface area contributed by atoms with E-state index in [4.69, 9.17) is 5.73 Å². The van der Waals surface area contributed by atoms with E-state index in [1.807, 2.05) is 43.3 Å². The SMILES string of the molecule is CCc1cccnc1[C@H](O)C#Cc1ccc(C)c(-c2ccc3ccnc(N)c3c2)c1. The molecule has 0 spiro atoms. The number of nitrogens with zero attached hydrogens (tertiary/aromatic N) is 2. The monoisotopic (exact) mass is 393 g/mol. The number of aromatic nitrogens is 2. The Labute approximate surface area is 176 Å². The second-order valence-electron chi connectivity index (χ2n) is 7.24. The Hall–Kier alpha value is -3.68. The van der Waals surface area contributed by atoms with Gasteiger partial charge in [-0.25, -0.2) is 4.98 Å². The fourth-order valence-electron chi connectivity index (χ4n) is 3.59. The second kappa shape index (κ2) is 8.36. The summed E-state index contributed by atoms with van der Waals surface area (Å²) in [5.41, 5.74) is 11.8. The first-order chi connectivity index (χ1) is 14.6. The average molecular weight is 393 g/mol. The lowest BCUT2D eigenvalue weighted by Crippen LogP contribution is -2.02. The van der Waals surface area contributed by atoms with Gasteiger partial charge >= 0.3 is 0 Å². The number of rotatable bonds is 3. The van der Waals surface area contributed by atoms with Crippen LogP contribution in [0.1, 0.15) is 35.4 Å². The third-order valence-electron chi connectivity index (χ3n) is 5.26. The topological polar surface area (TPSA) is 72.0 Å². The fourth-order valence-corrected chi connectivity index (χ4v) is 3.59. The lowest BCUT2D eigenvalue weighted by atomic mass is 9.96. The summed E-state index contributed by atoms with van der Waals surface area (Å²) in [5.74, 6) is 6.56. The zero-order valence-electron chi connectivity index (χ0n) is 17.1. The second-order valence-corrected chi connectivity index (χ2v) is 7.24. The van der Waals surface area contributed by atoms with Crippen LogP contribution in [0.2, 0.25) is 0 Å². The first-order valence-electron chi connectivity index (χ1n) is 9.95. The van der Waals surface area contributed by atoms with E-state index < -0.39 is 6.10 Å². The normalized spacial score (nSPS) is 11.7. The van der Waals surface area contributed by atoms with Gasteiger partial charge in [0.2, 0.25) is 0 Å². The van der Waals surface area contributed by atoms with Crippen molar-refractivity contribution in [3.8, 4) is 23.0 Å². The van der Waals surface area contributed by atoms with E-state index in [1.54, 1.807) is 12.4 Å². The Bertz CT molecular complexity index is 1280. The smallest absolute Gasteiger partial charge is 0.157 e. The predicted molar refractivity (Wildman–Crippen MR) is 122 cm³/mol. The maximum atomic E-state index is 10.5. The molecule has 0 unspecified atom stereocenters. The minimum Gasteiger partial charge on any atom is -0.383 e. The highest BCUT2D eigenvalue weighted by Crippen LogP contribution is 2.29.